The Kier molecular flexibility index (Phi) is 6.23. The fraction of sp³-hybridized carbons (Fsp3) is 0.828. The lowest BCUT2D eigenvalue weighted by molar-refractivity contribution is -0.146. The largest absolute Gasteiger partial charge is 0.481 e. The maximum absolute atomic E-state index is 12.5. The van der Waals surface area contributed by atoms with E-state index in [2.05, 4.69) is 41.2 Å². The second-order valence-electron chi connectivity index (χ2n) is 12.7. The van der Waals surface area contributed by atoms with Crippen molar-refractivity contribution in [3.05, 3.63) is 23.3 Å². The van der Waals surface area contributed by atoms with Gasteiger partial charge in [-0.2, -0.15) is 0 Å². The van der Waals surface area contributed by atoms with E-state index in [0.29, 0.717) is 11.8 Å². The van der Waals surface area contributed by atoms with Gasteiger partial charge in [0.2, 0.25) is 0 Å². The second-order valence-corrected chi connectivity index (χ2v) is 12.7. The van der Waals surface area contributed by atoms with Crippen LogP contribution in [0, 0.1) is 39.9 Å². The highest BCUT2D eigenvalue weighted by atomic mass is 16.4. The van der Waals surface area contributed by atoms with E-state index >= 15 is 0 Å². The molecule has 3 heteroatoms. The van der Waals surface area contributed by atoms with Crippen LogP contribution in [0.2, 0.25) is 0 Å². The summed E-state index contributed by atoms with van der Waals surface area (Å²) in [6.07, 6.45) is 11.2. The van der Waals surface area contributed by atoms with Gasteiger partial charge >= 0.3 is 5.97 Å². The molecule has 4 rings (SSSR count). The molecule has 0 bridgehead atoms. The molecule has 4 aliphatic carbocycles. The van der Waals surface area contributed by atoms with Gasteiger partial charge in [-0.3, -0.25) is 4.79 Å². The fourth-order valence-corrected chi connectivity index (χ4v) is 8.64. The van der Waals surface area contributed by atoms with E-state index in [1.165, 1.54) is 12.0 Å². The number of hydrogen-bond acceptors (Lipinski definition) is 2. The molecule has 0 radical (unpaired) electrons. The molecule has 0 aliphatic heterocycles. The van der Waals surface area contributed by atoms with Crippen molar-refractivity contribution in [1.82, 2.24) is 0 Å². The molecule has 0 aromatic rings. The molecule has 0 heterocycles. The number of allylic oxidation sites excluding steroid dienone is 3. The Labute approximate surface area is 195 Å². The molecule has 2 saturated carbocycles. The number of rotatable bonds is 6. The number of hydrogen-bond donors (Lipinski definition) is 2. The Balaban J connectivity index is 1.64. The van der Waals surface area contributed by atoms with E-state index in [4.69, 9.17) is 0 Å². The van der Waals surface area contributed by atoms with Crippen LogP contribution in [0.1, 0.15) is 105 Å². The Hall–Kier alpha value is -1.09. The summed E-state index contributed by atoms with van der Waals surface area (Å²) in [6, 6.07) is 0. The summed E-state index contributed by atoms with van der Waals surface area (Å²) in [5.41, 5.74) is 5.02. The van der Waals surface area contributed by atoms with Crippen molar-refractivity contribution in [3.63, 3.8) is 0 Å². The van der Waals surface area contributed by atoms with E-state index in [9.17, 15) is 15.0 Å². The van der Waals surface area contributed by atoms with Gasteiger partial charge < -0.3 is 10.2 Å². The van der Waals surface area contributed by atoms with E-state index in [1.54, 1.807) is 11.1 Å². The average molecular weight is 443 g/mol. The minimum absolute atomic E-state index is 0.0609. The molecule has 7 atom stereocenters. The molecule has 0 saturated heterocycles. The van der Waals surface area contributed by atoms with Crippen molar-refractivity contribution in [3.8, 4) is 0 Å². The minimum Gasteiger partial charge on any atom is -0.481 e. The van der Waals surface area contributed by atoms with Gasteiger partial charge in [0.05, 0.1) is 12.0 Å². The van der Waals surface area contributed by atoms with Gasteiger partial charge in [-0.05, 0) is 105 Å². The van der Waals surface area contributed by atoms with Crippen molar-refractivity contribution in [1.29, 1.82) is 0 Å². The number of aliphatic carboxylic acids is 1. The van der Waals surface area contributed by atoms with Crippen LogP contribution in [-0.2, 0) is 4.79 Å². The minimum atomic E-state index is -0.603. The van der Waals surface area contributed by atoms with Crippen LogP contribution < -0.4 is 0 Å². The van der Waals surface area contributed by atoms with E-state index in [0.717, 1.165) is 64.2 Å². The number of aliphatic hydroxyl groups is 1. The van der Waals surface area contributed by atoms with Crippen LogP contribution in [0.15, 0.2) is 23.3 Å². The highest BCUT2D eigenvalue weighted by Gasteiger charge is 2.62. The smallest absolute Gasteiger partial charge is 0.306 e. The van der Waals surface area contributed by atoms with Crippen LogP contribution in [0.25, 0.3) is 0 Å². The van der Waals surface area contributed by atoms with Crippen LogP contribution in [0.3, 0.4) is 0 Å². The SMILES string of the molecule is C=C(CC[C@@H](C(=O)O)[C@H]1CC[C@@]2(C)C3=C(CC[C@]12C)[C@@]1(C)CC[C@H](O)CC1CC3)C(C)C. The van der Waals surface area contributed by atoms with E-state index < -0.39 is 5.97 Å². The summed E-state index contributed by atoms with van der Waals surface area (Å²) in [6.45, 7) is 15.9. The lowest BCUT2D eigenvalue weighted by Crippen LogP contribution is -2.50. The Morgan fingerprint density at radius 1 is 1.06 bits per heavy atom. The van der Waals surface area contributed by atoms with Crippen molar-refractivity contribution in [2.24, 2.45) is 39.9 Å². The molecule has 180 valence electrons. The normalized spacial score (nSPS) is 42.3. The Morgan fingerprint density at radius 3 is 2.44 bits per heavy atom. The third kappa shape index (κ3) is 3.53. The molecule has 32 heavy (non-hydrogen) atoms. The summed E-state index contributed by atoms with van der Waals surface area (Å²) < 4.78 is 0. The van der Waals surface area contributed by atoms with Crippen LogP contribution in [0.4, 0.5) is 0 Å². The van der Waals surface area contributed by atoms with Crippen molar-refractivity contribution in [2.45, 2.75) is 111 Å². The zero-order chi connectivity index (χ0) is 23.5. The summed E-state index contributed by atoms with van der Waals surface area (Å²) in [7, 11) is 0. The predicted octanol–water partition coefficient (Wildman–Crippen LogP) is 7.15. The molecule has 0 spiro atoms. The molecule has 4 aliphatic rings. The molecule has 0 aromatic carbocycles. The maximum atomic E-state index is 12.5. The topological polar surface area (TPSA) is 57.5 Å². The monoisotopic (exact) mass is 442 g/mol. The summed E-state index contributed by atoms with van der Waals surface area (Å²) in [5.74, 6) is 0.410. The zero-order valence-corrected chi connectivity index (χ0v) is 21.2. The third-order valence-corrected chi connectivity index (χ3v) is 11.2. The molecular formula is C29H46O3. The number of fused-ring (bicyclic) bond motifs is 4. The summed E-state index contributed by atoms with van der Waals surface area (Å²) in [4.78, 5) is 12.5. The molecular weight excluding hydrogens is 396 g/mol. The van der Waals surface area contributed by atoms with Crippen LogP contribution in [0.5, 0.6) is 0 Å². The van der Waals surface area contributed by atoms with Crippen molar-refractivity contribution < 1.29 is 15.0 Å². The number of carbonyl (C=O) groups is 1. The summed E-state index contributed by atoms with van der Waals surface area (Å²) in [5, 5.41) is 20.6. The van der Waals surface area contributed by atoms with Gasteiger partial charge in [0, 0.05) is 0 Å². The highest BCUT2D eigenvalue weighted by Crippen LogP contribution is 2.71. The van der Waals surface area contributed by atoms with Gasteiger partial charge in [0.1, 0.15) is 0 Å². The third-order valence-electron chi connectivity index (χ3n) is 11.2. The maximum Gasteiger partial charge on any atom is 0.306 e. The number of carboxylic acid groups (broad SMARTS) is 1. The second kappa shape index (κ2) is 8.29. The van der Waals surface area contributed by atoms with E-state index in [1.807, 2.05) is 0 Å². The quantitative estimate of drug-likeness (QED) is 0.429. The average Bonchev–Trinajstić information content (AvgIpc) is 3.00. The lowest BCUT2D eigenvalue weighted by Gasteiger charge is -2.58. The first-order valence-corrected chi connectivity index (χ1v) is 13.3. The first-order chi connectivity index (χ1) is 14.9. The first kappa shape index (κ1) is 24.0. The number of carboxylic acids is 1. The van der Waals surface area contributed by atoms with Crippen LogP contribution in [-0.4, -0.2) is 22.3 Å². The van der Waals surface area contributed by atoms with Gasteiger partial charge in [-0.25, -0.2) is 0 Å². The van der Waals surface area contributed by atoms with E-state index in [-0.39, 0.29) is 34.2 Å². The molecule has 0 amide bonds. The van der Waals surface area contributed by atoms with Gasteiger partial charge in [0.25, 0.3) is 0 Å². The molecule has 1 unspecified atom stereocenters. The zero-order valence-electron chi connectivity index (χ0n) is 21.2. The number of aliphatic hydroxyl groups excluding tert-OH is 1. The van der Waals surface area contributed by atoms with Gasteiger partial charge in [-0.15, -0.1) is 0 Å². The fourth-order valence-electron chi connectivity index (χ4n) is 8.64. The standard InChI is InChI=1S/C29H46O3/c1-18(2)19(3)7-9-22(26(31)32)23-12-15-29(6)25-10-8-20-17-21(30)11-14-27(20,4)24(25)13-16-28(23,29)5/h18,20-23,30H,3,7-17H2,1-2,4-6H3,(H,31,32)/t20?,21-,22+,23+,27-,28+,29-/m0/s1. The van der Waals surface area contributed by atoms with Gasteiger partial charge in [0.15, 0.2) is 0 Å². The molecule has 2 N–H and O–H groups in total. The molecule has 2 fully saturated rings. The molecule has 0 aromatic heterocycles. The Bertz CT molecular complexity index is 809. The Morgan fingerprint density at radius 2 is 1.78 bits per heavy atom. The molecule has 3 nitrogen and oxygen atoms in total. The predicted molar refractivity (Wildman–Crippen MR) is 130 cm³/mol. The van der Waals surface area contributed by atoms with Crippen molar-refractivity contribution >= 4 is 5.97 Å². The highest BCUT2D eigenvalue weighted by molar-refractivity contribution is 5.70. The summed E-state index contributed by atoms with van der Waals surface area (Å²) >= 11 is 0. The van der Waals surface area contributed by atoms with Gasteiger partial charge in [-0.1, -0.05) is 57.9 Å². The lowest BCUT2D eigenvalue weighted by atomic mass is 9.46. The van der Waals surface area contributed by atoms with Crippen LogP contribution >= 0.6 is 0 Å². The van der Waals surface area contributed by atoms with Crippen molar-refractivity contribution in [2.75, 3.05) is 0 Å². The first-order valence-electron chi connectivity index (χ1n) is 13.3.